The van der Waals surface area contributed by atoms with Gasteiger partial charge in [-0.3, -0.25) is 5.84 Å². The Kier molecular flexibility index (Phi) is 3.63. The summed E-state index contributed by atoms with van der Waals surface area (Å²) in [6.45, 7) is 2.81. The molecule has 0 radical (unpaired) electrons. The number of halogens is 1. The molecule has 0 aliphatic carbocycles. The fourth-order valence-electron chi connectivity index (χ4n) is 1.91. The summed E-state index contributed by atoms with van der Waals surface area (Å²) in [5, 5.41) is 0. The van der Waals surface area contributed by atoms with Gasteiger partial charge < -0.3 is 4.74 Å². The van der Waals surface area contributed by atoms with Crippen LogP contribution >= 0.6 is 15.9 Å². The number of nitrogens with one attached hydrogen (secondary N) is 1. The Labute approximate surface area is 104 Å². The fraction of sp³-hybridized carbons (Fsp3) is 0.333. The normalized spacial score (nSPS) is 16.8. The van der Waals surface area contributed by atoms with Crippen molar-refractivity contribution < 1.29 is 4.74 Å². The van der Waals surface area contributed by atoms with Crippen LogP contribution in [0.15, 0.2) is 34.5 Å². The van der Waals surface area contributed by atoms with Gasteiger partial charge >= 0.3 is 0 Å². The minimum Gasteiger partial charge on any atom is -0.496 e. The maximum Gasteiger partial charge on any atom is 0.115 e. The molecular weight excluding hydrogens is 268 g/mol. The second kappa shape index (κ2) is 4.99. The van der Waals surface area contributed by atoms with E-state index in [1.165, 1.54) is 5.56 Å². The van der Waals surface area contributed by atoms with Crippen LogP contribution in [0.2, 0.25) is 0 Å². The summed E-state index contributed by atoms with van der Waals surface area (Å²) < 4.78 is 6.60. The molecule has 1 aromatic carbocycles. The molecule has 1 unspecified atom stereocenters. The first-order valence-corrected chi connectivity index (χ1v) is 6.06. The smallest absolute Gasteiger partial charge is 0.115 e. The summed E-state index contributed by atoms with van der Waals surface area (Å²) in [7, 11) is 0. The molecule has 0 aromatic heterocycles. The Balaban J connectivity index is 2.32. The Morgan fingerprint density at radius 2 is 2.25 bits per heavy atom. The lowest BCUT2D eigenvalue weighted by molar-refractivity contribution is 0.215. The van der Waals surface area contributed by atoms with Crippen molar-refractivity contribution in [3.8, 4) is 0 Å². The van der Waals surface area contributed by atoms with E-state index in [1.807, 2.05) is 0 Å². The van der Waals surface area contributed by atoms with Crippen LogP contribution in [-0.4, -0.2) is 6.61 Å². The Bertz CT molecular complexity index is 397. The van der Waals surface area contributed by atoms with E-state index < -0.39 is 0 Å². The van der Waals surface area contributed by atoms with Crippen molar-refractivity contribution in [1.82, 2.24) is 5.43 Å². The minimum absolute atomic E-state index is 0.0568. The van der Waals surface area contributed by atoms with E-state index in [0.717, 1.165) is 28.8 Å². The van der Waals surface area contributed by atoms with E-state index in [4.69, 9.17) is 10.6 Å². The van der Waals surface area contributed by atoms with Crippen molar-refractivity contribution in [2.24, 2.45) is 5.84 Å². The molecule has 1 aliphatic rings. The van der Waals surface area contributed by atoms with E-state index in [9.17, 15) is 0 Å². The largest absolute Gasteiger partial charge is 0.496 e. The average Bonchev–Trinajstić information content (AvgIpc) is 2.70. The highest BCUT2D eigenvalue weighted by molar-refractivity contribution is 9.10. The van der Waals surface area contributed by atoms with E-state index in [-0.39, 0.29) is 6.04 Å². The van der Waals surface area contributed by atoms with Crippen molar-refractivity contribution in [3.05, 3.63) is 45.6 Å². The summed E-state index contributed by atoms with van der Waals surface area (Å²) in [6.07, 6.45) is 3.04. The number of hydrogen-bond donors (Lipinski definition) is 2. The van der Waals surface area contributed by atoms with Gasteiger partial charge in [-0.15, -0.1) is 0 Å². The molecule has 1 atom stereocenters. The lowest BCUT2D eigenvalue weighted by Gasteiger charge is -2.18. The molecule has 0 spiro atoms. The van der Waals surface area contributed by atoms with Gasteiger partial charge in [-0.2, -0.15) is 0 Å². The van der Waals surface area contributed by atoms with Crippen molar-refractivity contribution in [1.29, 1.82) is 0 Å². The van der Waals surface area contributed by atoms with Crippen molar-refractivity contribution >= 4 is 15.9 Å². The maximum atomic E-state index is 5.60. The number of aryl methyl sites for hydroxylation is 1. The predicted molar refractivity (Wildman–Crippen MR) is 67.6 cm³/mol. The molecule has 1 heterocycles. The first-order valence-electron chi connectivity index (χ1n) is 5.27. The quantitative estimate of drug-likeness (QED) is 0.662. The number of hydrazine groups is 1. The average molecular weight is 283 g/mol. The van der Waals surface area contributed by atoms with Crippen LogP contribution in [-0.2, 0) is 4.74 Å². The zero-order valence-electron chi connectivity index (χ0n) is 9.16. The number of ether oxygens (including phenoxy) is 1. The van der Waals surface area contributed by atoms with Gasteiger partial charge in [0.2, 0.25) is 0 Å². The first kappa shape index (κ1) is 11.6. The third kappa shape index (κ3) is 2.45. The van der Waals surface area contributed by atoms with Gasteiger partial charge in [-0.1, -0.05) is 22.0 Å². The molecule has 0 saturated heterocycles. The van der Waals surface area contributed by atoms with Crippen LogP contribution < -0.4 is 11.3 Å². The molecule has 86 valence electrons. The van der Waals surface area contributed by atoms with Gasteiger partial charge in [-0.25, -0.2) is 5.43 Å². The lowest BCUT2D eigenvalue weighted by Crippen LogP contribution is -2.29. The third-order valence-corrected chi connectivity index (χ3v) is 3.04. The van der Waals surface area contributed by atoms with Gasteiger partial charge in [0.15, 0.2) is 0 Å². The Morgan fingerprint density at radius 3 is 2.81 bits per heavy atom. The number of rotatable bonds is 3. The highest BCUT2D eigenvalue weighted by Crippen LogP contribution is 2.28. The summed E-state index contributed by atoms with van der Waals surface area (Å²) in [4.78, 5) is 0. The molecule has 2 rings (SSSR count). The fourth-order valence-corrected chi connectivity index (χ4v) is 2.54. The van der Waals surface area contributed by atoms with E-state index >= 15 is 0 Å². The number of benzene rings is 1. The van der Waals surface area contributed by atoms with Crippen LogP contribution in [0, 0.1) is 6.92 Å². The second-order valence-electron chi connectivity index (χ2n) is 3.91. The molecule has 16 heavy (non-hydrogen) atoms. The molecule has 0 saturated carbocycles. The number of hydrogen-bond acceptors (Lipinski definition) is 3. The van der Waals surface area contributed by atoms with Crippen LogP contribution in [0.25, 0.3) is 0 Å². The van der Waals surface area contributed by atoms with E-state index in [1.54, 1.807) is 0 Å². The van der Waals surface area contributed by atoms with Gasteiger partial charge in [0.25, 0.3) is 0 Å². The maximum absolute atomic E-state index is 5.60. The van der Waals surface area contributed by atoms with Crippen LogP contribution in [0.4, 0.5) is 0 Å². The van der Waals surface area contributed by atoms with Gasteiger partial charge in [0.05, 0.1) is 6.61 Å². The molecule has 0 bridgehead atoms. The van der Waals surface area contributed by atoms with E-state index in [2.05, 4.69) is 52.6 Å². The monoisotopic (exact) mass is 282 g/mol. The topological polar surface area (TPSA) is 47.3 Å². The van der Waals surface area contributed by atoms with Gasteiger partial charge in [0.1, 0.15) is 11.8 Å². The summed E-state index contributed by atoms with van der Waals surface area (Å²) in [6, 6.07) is 6.18. The zero-order chi connectivity index (χ0) is 11.5. The zero-order valence-corrected chi connectivity index (χ0v) is 10.8. The standard InChI is InChI=1S/C12H15BrN2O/c1-8-5-9(7-10(13)6-8)12(15-14)11-3-2-4-16-11/h3,5-7,12,15H,2,4,14H2,1H3. The van der Waals surface area contributed by atoms with Crippen molar-refractivity contribution in [2.75, 3.05) is 6.61 Å². The molecule has 1 aromatic rings. The molecular formula is C12H15BrN2O. The highest BCUT2D eigenvalue weighted by Gasteiger charge is 2.19. The van der Waals surface area contributed by atoms with Crippen molar-refractivity contribution in [2.45, 2.75) is 19.4 Å². The van der Waals surface area contributed by atoms with Crippen LogP contribution in [0.5, 0.6) is 0 Å². The molecule has 4 heteroatoms. The summed E-state index contributed by atoms with van der Waals surface area (Å²) >= 11 is 3.49. The lowest BCUT2D eigenvalue weighted by atomic mass is 10.0. The van der Waals surface area contributed by atoms with Crippen molar-refractivity contribution in [3.63, 3.8) is 0 Å². The predicted octanol–water partition coefficient (Wildman–Crippen LogP) is 2.57. The molecule has 3 N–H and O–H groups in total. The summed E-state index contributed by atoms with van der Waals surface area (Å²) in [5.41, 5.74) is 5.11. The molecule has 1 aliphatic heterocycles. The van der Waals surface area contributed by atoms with E-state index in [0.29, 0.717) is 0 Å². The third-order valence-electron chi connectivity index (χ3n) is 2.58. The number of nitrogens with two attached hydrogens (primary N) is 1. The molecule has 0 amide bonds. The second-order valence-corrected chi connectivity index (χ2v) is 4.82. The SMILES string of the molecule is Cc1cc(Br)cc(C(NN)C2=CCCO2)c1. The molecule has 3 nitrogen and oxygen atoms in total. The molecule has 0 fully saturated rings. The minimum atomic E-state index is -0.0568. The van der Waals surface area contributed by atoms with Crippen LogP contribution in [0.1, 0.15) is 23.6 Å². The first-order chi connectivity index (χ1) is 7.70. The summed E-state index contributed by atoms with van der Waals surface area (Å²) in [5.74, 6) is 6.52. The Hall–Kier alpha value is -0.840. The van der Waals surface area contributed by atoms with Gasteiger partial charge in [-0.05, 0) is 36.3 Å². The Morgan fingerprint density at radius 1 is 1.44 bits per heavy atom. The van der Waals surface area contributed by atoms with Crippen LogP contribution in [0.3, 0.4) is 0 Å². The van der Waals surface area contributed by atoms with Gasteiger partial charge in [0, 0.05) is 10.9 Å². The highest BCUT2D eigenvalue weighted by atomic mass is 79.9.